The molecule has 0 radical (unpaired) electrons. The third-order valence-corrected chi connectivity index (χ3v) is 3.25. The molecule has 2 aliphatic rings. The fraction of sp³-hybridized carbons (Fsp3) is 0.900. The average Bonchev–Trinajstić information content (AvgIpc) is 2.67. The largest absolute Gasteiger partial charge is 0.379 e. The Balaban J connectivity index is 1.84. The van der Waals surface area contributed by atoms with E-state index in [0.29, 0.717) is 5.92 Å². The molecule has 15 heavy (non-hydrogen) atoms. The highest BCUT2D eigenvalue weighted by Crippen LogP contribution is 2.17. The van der Waals surface area contributed by atoms with Gasteiger partial charge in [-0.25, -0.2) is 0 Å². The van der Waals surface area contributed by atoms with Crippen LogP contribution in [0.3, 0.4) is 0 Å². The van der Waals surface area contributed by atoms with Gasteiger partial charge in [0, 0.05) is 19.6 Å². The average molecular weight is 213 g/mol. The third kappa shape index (κ3) is 2.68. The van der Waals surface area contributed by atoms with Crippen molar-refractivity contribution in [2.75, 3.05) is 39.4 Å². The van der Waals surface area contributed by atoms with Gasteiger partial charge in [0.1, 0.15) is 0 Å². The molecule has 0 aliphatic carbocycles. The first-order valence-corrected chi connectivity index (χ1v) is 5.60. The summed E-state index contributed by atoms with van der Waals surface area (Å²) in [5.74, 6) is 0.159. The van der Waals surface area contributed by atoms with Crippen molar-refractivity contribution in [1.29, 1.82) is 0 Å². The number of nitrogens with two attached hydrogens (primary N) is 1. The summed E-state index contributed by atoms with van der Waals surface area (Å²) < 4.78 is 5.29. The maximum absolute atomic E-state index is 11.2. The fourth-order valence-electron chi connectivity index (χ4n) is 2.40. The highest BCUT2D eigenvalue weighted by molar-refractivity contribution is 5.80. The number of rotatable bonds is 3. The first kappa shape index (κ1) is 10.9. The second-order valence-electron chi connectivity index (χ2n) is 4.30. The molecule has 0 bridgehead atoms. The van der Waals surface area contributed by atoms with E-state index in [1.807, 2.05) is 0 Å². The number of nitrogens with one attached hydrogen (secondary N) is 1. The van der Waals surface area contributed by atoms with Crippen LogP contribution in [-0.4, -0.2) is 56.2 Å². The third-order valence-electron chi connectivity index (χ3n) is 3.25. The number of primary amides is 1. The number of carbonyl (C=O) groups is 1. The molecule has 2 aliphatic heterocycles. The van der Waals surface area contributed by atoms with Crippen molar-refractivity contribution in [2.24, 2.45) is 11.7 Å². The Bertz CT molecular complexity index is 229. The summed E-state index contributed by atoms with van der Waals surface area (Å²) >= 11 is 0. The molecule has 2 saturated heterocycles. The van der Waals surface area contributed by atoms with Gasteiger partial charge in [-0.05, 0) is 18.9 Å². The highest BCUT2D eigenvalue weighted by Gasteiger charge is 2.32. The number of hydrogen-bond acceptors (Lipinski definition) is 4. The predicted octanol–water partition coefficient (Wildman–Crippen LogP) is -1.22. The van der Waals surface area contributed by atoms with Crippen LogP contribution in [-0.2, 0) is 9.53 Å². The molecule has 0 aromatic heterocycles. The number of hydrogen-bond donors (Lipinski definition) is 2. The summed E-state index contributed by atoms with van der Waals surface area (Å²) in [4.78, 5) is 13.5. The van der Waals surface area contributed by atoms with Crippen molar-refractivity contribution in [1.82, 2.24) is 10.2 Å². The maximum Gasteiger partial charge on any atom is 0.234 e. The molecule has 86 valence electrons. The van der Waals surface area contributed by atoms with Gasteiger partial charge in [0.05, 0.1) is 19.3 Å². The topological polar surface area (TPSA) is 67.6 Å². The minimum atomic E-state index is -0.217. The van der Waals surface area contributed by atoms with Crippen molar-refractivity contribution in [3.05, 3.63) is 0 Å². The van der Waals surface area contributed by atoms with Crippen LogP contribution in [0.25, 0.3) is 0 Å². The second kappa shape index (κ2) is 4.92. The number of carbonyl (C=O) groups excluding carboxylic acids is 1. The quantitative estimate of drug-likeness (QED) is 0.617. The minimum Gasteiger partial charge on any atom is -0.379 e. The molecule has 5 heteroatoms. The minimum absolute atomic E-state index is 0.132. The molecule has 2 rings (SSSR count). The van der Waals surface area contributed by atoms with Gasteiger partial charge in [0.25, 0.3) is 0 Å². The van der Waals surface area contributed by atoms with Crippen molar-refractivity contribution in [3.63, 3.8) is 0 Å². The van der Waals surface area contributed by atoms with E-state index in [0.717, 1.165) is 45.8 Å². The Kier molecular flexibility index (Phi) is 3.56. The van der Waals surface area contributed by atoms with Crippen LogP contribution < -0.4 is 11.1 Å². The van der Waals surface area contributed by atoms with Crippen LogP contribution in [0.4, 0.5) is 0 Å². The van der Waals surface area contributed by atoms with Gasteiger partial charge in [-0.1, -0.05) is 0 Å². The fourth-order valence-corrected chi connectivity index (χ4v) is 2.40. The summed E-state index contributed by atoms with van der Waals surface area (Å²) in [5.41, 5.74) is 5.35. The van der Waals surface area contributed by atoms with E-state index < -0.39 is 0 Å². The second-order valence-corrected chi connectivity index (χ2v) is 4.30. The zero-order valence-corrected chi connectivity index (χ0v) is 8.95. The Morgan fingerprint density at radius 2 is 2.20 bits per heavy atom. The van der Waals surface area contributed by atoms with Crippen molar-refractivity contribution < 1.29 is 9.53 Å². The molecule has 3 N–H and O–H groups in total. The molecule has 2 fully saturated rings. The van der Waals surface area contributed by atoms with E-state index >= 15 is 0 Å². The molecular weight excluding hydrogens is 194 g/mol. The maximum atomic E-state index is 11.2. The van der Waals surface area contributed by atoms with Crippen molar-refractivity contribution in [2.45, 2.75) is 12.5 Å². The lowest BCUT2D eigenvalue weighted by atomic mass is 9.99. The van der Waals surface area contributed by atoms with E-state index in [4.69, 9.17) is 10.5 Å². The van der Waals surface area contributed by atoms with Crippen molar-refractivity contribution >= 4 is 5.91 Å². The summed E-state index contributed by atoms with van der Waals surface area (Å²) in [6.07, 6.45) is 1.05. The predicted molar refractivity (Wildman–Crippen MR) is 56.4 cm³/mol. The van der Waals surface area contributed by atoms with E-state index in [-0.39, 0.29) is 11.9 Å². The Morgan fingerprint density at radius 1 is 1.47 bits per heavy atom. The smallest absolute Gasteiger partial charge is 0.234 e. The lowest BCUT2D eigenvalue weighted by Gasteiger charge is -2.30. The summed E-state index contributed by atoms with van der Waals surface area (Å²) in [6.45, 7) is 5.43. The van der Waals surface area contributed by atoms with Crippen LogP contribution in [0.15, 0.2) is 0 Å². The van der Waals surface area contributed by atoms with Gasteiger partial charge >= 0.3 is 0 Å². The molecule has 0 aromatic carbocycles. The van der Waals surface area contributed by atoms with E-state index in [9.17, 15) is 4.79 Å². The summed E-state index contributed by atoms with van der Waals surface area (Å²) in [6, 6.07) is -0.132. The molecule has 0 saturated carbocycles. The Morgan fingerprint density at radius 3 is 2.87 bits per heavy atom. The van der Waals surface area contributed by atoms with Crippen LogP contribution in [0, 0.1) is 5.92 Å². The van der Waals surface area contributed by atoms with Gasteiger partial charge in [0.15, 0.2) is 0 Å². The van der Waals surface area contributed by atoms with E-state index in [1.165, 1.54) is 0 Å². The van der Waals surface area contributed by atoms with Crippen LogP contribution in [0.2, 0.25) is 0 Å². The molecule has 0 aromatic rings. The van der Waals surface area contributed by atoms with Gasteiger partial charge < -0.3 is 15.8 Å². The van der Waals surface area contributed by atoms with Crippen LogP contribution in [0.1, 0.15) is 6.42 Å². The number of morpholine rings is 1. The SMILES string of the molecule is NC(=O)C1NCCC1CN1CCOCC1. The van der Waals surface area contributed by atoms with Crippen molar-refractivity contribution in [3.8, 4) is 0 Å². The molecule has 1 amide bonds. The van der Waals surface area contributed by atoms with E-state index in [2.05, 4.69) is 10.2 Å². The Labute approximate surface area is 89.9 Å². The normalized spacial score (nSPS) is 33.1. The highest BCUT2D eigenvalue weighted by atomic mass is 16.5. The molecule has 2 heterocycles. The van der Waals surface area contributed by atoms with Gasteiger partial charge in [-0.3, -0.25) is 9.69 Å². The van der Waals surface area contributed by atoms with Crippen LogP contribution >= 0.6 is 0 Å². The van der Waals surface area contributed by atoms with Gasteiger partial charge in [0.2, 0.25) is 5.91 Å². The Hall–Kier alpha value is -0.650. The van der Waals surface area contributed by atoms with Gasteiger partial charge in [-0.15, -0.1) is 0 Å². The number of ether oxygens (including phenoxy) is 1. The standard InChI is InChI=1S/C10H19N3O2/c11-10(14)9-8(1-2-12-9)7-13-3-5-15-6-4-13/h8-9,12H,1-7H2,(H2,11,14). The number of amides is 1. The van der Waals surface area contributed by atoms with E-state index in [1.54, 1.807) is 0 Å². The number of nitrogens with zero attached hydrogens (tertiary/aromatic N) is 1. The molecule has 5 nitrogen and oxygen atoms in total. The van der Waals surface area contributed by atoms with Gasteiger partial charge in [-0.2, -0.15) is 0 Å². The zero-order chi connectivity index (χ0) is 10.7. The molecular formula is C10H19N3O2. The molecule has 2 unspecified atom stereocenters. The lowest BCUT2D eigenvalue weighted by molar-refractivity contribution is -0.120. The molecule has 0 spiro atoms. The first-order chi connectivity index (χ1) is 7.27. The monoisotopic (exact) mass is 213 g/mol. The zero-order valence-electron chi connectivity index (χ0n) is 8.95. The summed E-state index contributed by atoms with van der Waals surface area (Å²) in [5, 5.41) is 3.16. The summed E-state index contributed by atoms with van der Waals surface area (Å²) in [7, 11) is 0. The van der Waals surface area contributed by atoms with Crippen LogP contribution in [0.5, 0.6) is 0 Å². The first-order valence-electron chi connectivity index (χ1n) is 5.60. The molecule has 2 atom stereocenters. The lowest BCUT2D eigenvalue weighted by Crippen LogP contribution is -2.46.